The molecule has 1 aliphatic rings. The quantitative estimate of drug-likeness (QED) is 0.890. The van der Waals surface area contributed by atoms with Gasteiger partial charge in [0.1, 0.15) is 5.82 Å². The first kappa shape index (κ1) is 13.0. The van der Waals surface area contributed by atoms with Crippen LogP contribution in [0.3, 0.4) is 0 Å². The van der Waals surface area contributed by atoms with Gasteiger partial charge < -0.3 is 10.2 Å². The van der Waals surface area contributed by atoms with Crippen LogP contribution in [0.15, 0.2) is 24.3 Å². The van der Waals surface area contributed by atoms with Crippen molar-refractivity contribution in [2.75, 3.05) is 24.5 Å². The fourth-order valence-corrected chi connectivity index (χ4v) is 2.46. The highest BCUT2D eigenvalue weighted by Gasteiger charge is 2.33. The maximum Gasteiger partial charge on any atom is 0.231 e. The van der Waals surface area contributed by atoms with Crippen LogP contribution in [0.5, 0.6) is 0 Å². The van der Waals surface area contributed by atoms with Gasteiger partial charge >= 0.3 is 0 Å². The summed E-state index contributed by atoms with van der Waals surface area (Å²) in [5.41, 5.74) is 0.379. The number of hydrogen-bond acceptors (Lipinski definition) is 2. The van der Waals surface area contributed by atoms with Gasteiger partial charge in [0.15, 0.2) is 0 Å². The highest BCUT2D eigenvalue weighted by molar-refractivity contribution is 5.95. The predicted octanol–water partition coefficient (Wildman–Crippen LogP) is 2.03. The minimum atomic E-state index is -0.341. The fraction of sp³-hybridized carbons (Fsp3) is 0.500. The number of rotatable bonds is 3. The van der Waals surface area contributed by atoms with E-state index in [1.54, 1.807) is 23.1 Å². The van der Waals surface area contributed by atoms with Gasteiger partial charge in [-0.2, -0.15) is 0 Å². The molecule has 0 spiro atoms. The zero-order valence-electron chi connectivity index (χ0n) is 10.8. The molecule has 1 heterocycles. The largest absolute Gasteiger partial charge is 0.316 e. The number of benzene rings is 1. The molecule has 1 N–H and O–H groups in total. The van der Waals surface area contributed by atoms with Gasteiger partial charge in [-0.05, 0) is 31.5 Å². The summed E-state index contributed by atoms with van der Waals surface area (Å²) in [6.45, 7) is 5.95. The van der Waals surface area contributed by atoms with Crippen LogP contribution in [0.1, 0.15) is 13.8 Å². The molecular weight excluding hydrogens is 231 g/mol. The van der Waals surface area contributed by atoms with Gasteiger partial charge in [-0.15, -0.1) is 0 Å². The number of amides is 1. The Balaban J connectivity index is 2.23. The summed E-state index contributed by atoms with van der Waals surface area (Å²) >= 11 is 0. The lowest BCUT2D eigenvalue weighted by Gasteiger charge is -2.26. The SMILES string of the molecule is CCN(C(=O)[C@@H]1CNC[C@H]1C)c1ccccc1F. The molecule has 4 heteroatoms. The molecule has 98 valence electrons. The van der Waals surface area contributed by atoms with E-state index in [9.17, 15) is 9.18 Å². The monoisotopic (exact) mass is 250 g/mol. The number of halogens is 1. The number of nitrogens with zero attached hydrogens (tertiary/aromatic N) is 1. The Morgan fingerprint density at radius 3 is 2.72 bits per heavy atom. The van der Waals surface area contributed by atoms with Crippen LogP contribution in [0.4, 0.5) is 10.1 Å². The van der Waals surface area contributed by atoms with E-state index in [0.717, 1.165) is 6.54 Å². The third-order valence-electron chi connectivity index (χ3n) is 3.56. The molecule has 1 saturated heterocycles. The molecule has 1 amide bonds. The molecule has 0 unspecified atom stereocenters. The molecule has 0 radical (unpaired) electrons. The minimum Gasteiger partial charge on any atom is -0.316 e. The van der Waals surface area contributed by atoms with Crippen molar-refractivity contribution < 1.29 is 9.18 Å². The van der Waals surface area contributed by atoms with Crippen molar-refractivity contribution >= 4 is 11.6 Å². The van der Waals surface area contributed by atoms with E-state index in [2.05, 4.69) is 12.2 Å². The predicted molar refractivity (Wildman–Crippen MR) is 70.0 cm³/mol. The Morgan fingerprint density at radius 2 is 2.17 bits per heavy atom. The number of para-hydroxylation sites is 1. The first-order chi connectivity index (χ1) is 8.65. The van der Waals surface area contributed by atoms with Crippen LogP contribution >= 0.6 is 0 Å². The number of carbonyl (C=O) groups is 1. The molecule has 0 aliphatic carbocycles. The van der Waals surface area contributed by atoms with E-state index in [0.29, 0.717) is 24.7 Å². The second-order valence-corrected chi connectivity index (χ2v) is 4.78. The number of nitrogens with one attached hydrogen (secondary N) is 1. The molecule has 3 nitrogen and oxygen atoms in total. The summed E-state index contributed by atoms with van der Waals surface area (Å²) in [6.07, 6.45) is 0. The molecule has 2 rings (SSSR count). The van der Waals surface area contributed by atoms with Crippen LogP contribution in [0.2, 0.25) is 0 Å². The minimum absolute atomic E-state index is 0.0140. The summed E-state index contributed by atoms with van der Waals surface area (Å²) < 4.78 is 13.8. The van der Waals surface area contributed by atoms with E-state index < -0.39 is 0 Å². The summed E-state index contributed by atoms with van der Waals surface area (Å²) in [4.78, 5) is 14.0. The maximum atomic E-state index is 13.8. The Hall–Kier alpha value is -1.42. The van der Waals surface area contributed by atoms with Gasteiger partial charge in [0.25, 0.3) is 0 Å². The highest BCUT2D eigenvalue weighted by atomic mass is 19.1. The van der Waals surface area contributed by atoms with Crippen LogP contribution in [-0.4, -0.2) is 25.5 Å². The molecule has 2 atom stereocenters. The number of hydrogen-bond donors (Lipinski definition) is 1. The lowest BCUT2D eigenvalue weighted by molar-refractivity contribution is -0.122. The second-order valence-electron chi connectivity index (χ2n) is 4.78. The van der Waals surface area contributed by atoms with E-state index in [-0.39, 0.29) is 17.6 Å². The van der Waals surface area contributed by atoms with Gasteiger partial charge in [-0.1, -0.05) is 19.1 Å². The highest BCUT2D eigenvalue weighted by Crippen LogP contribution is 2.24. The molecule has 0 aromatic heterocycles. The molecule has 1 aromatic carbocycles. The van der Waals surface area contributed by atoms with Gasteiger partial charge in [0, 0.05) is 13.1 Å². The molecule has 0 bridgehead atoms. The third-order valence-corrected chi connectivity index (χ3v) is 3.56. The summed E-state index contributed by atoms with van der Waals surface area (Å²) in [7, 11) is 0. The van der Waals surface area contributed by atoms with Crippen molar-refractivity contribution in [1.82, 2.24) is 5.32 Å². The average molecular weight is 250 g/mol. The summed E-state index contributed by atoms with van der Waals surface area (Å²) in [5.74, 6) is -0.0747. The van der Waals surface area contributed by atoms with Crippen LogP contribution < -0.4 is 10.2 Å². The molecule has 0 saturated carbocycles. The zero-order valence-corrected chi connectivity index (χ0v) is 10.8. The average Bonchev–Trinajstić information content (AvgIpc) is 2.78. The van der Waals surface area contributed by atoms with Crippen molar-refractivity contribution in [1.29, 1.82) is 0 Å². The fourth-order valence-electron chi connectivity index (χ4n) is 2.46. The number of anilines is 1. The first-order valence-electron chi connectivity index (χ1n) is 6.41. The smallest absolute Gasteiger partial charge is 0.231 e. The number of carbonyl (C=O) groups excluding carboxylic acids is 1. The van der Waals surface area contributed by atoms with Crippen molar-refractivity contribution in [2.45, 2.75) is 13.8 Å². The topological polar surface area (TPSA) is 32.3 Å². The van der Waals surface area contributed by atoms with E-state index in [1.807, 2.05) is 6.92 Å². The summed E-state index contributed by atoms with van der Waals surface area (Å²) in [5, 5.41) is 3.21. The van der Waals surface area contributed by atoms with Crippen molar-refractivity contribution in [3.8, 4) is 0 Å². The normalized spacial score (nSPS) is 23.1. The Morgan fingerprint density at radius 1 is 1.44 bits per heavy atom. The van der Waals surface area contributed by atoms with E-state index in [1.165, 1.54) is 6.07 Å². The van der Waals surface area contributed by atoms with Gasteiger partial charge in [-0.3, -0.25) is 4.79 Å². The lowest BCUT2D eigenvalue weighted by atomic mass is 9.96. The lowest BCUT2D eigenvalue weighted by Crippen LogP contribution is -2.39. The first-order valence-corrected chi connectivity index (χ1v) is 6.41. The van der Waals surface area contributed by atoms with Crippen LogP contribution in [0.25, 0.3) is 0 Å². The molecule has 1 fully saturated rings. The van der Waals surface area contributed by atoms with Crippen molar-refractivity contribution in [3.05, 3.63) is 30.1 Å². The van der Waals surface area contributed by atoms with E-state index in [4.69, 9.17) is 0 Å². The summed E-state index contributed by atoms with van der Waals surface area (Å²) in [6, 6.07) is 6.44. The second kappa shape index (κ2) is 5.48. The zero-order chi connectivity index (χ0) is 13.1. The third kappa shape index (κ3) is 2.38. The van der Waals surface area contributed by atoms with Gasteiger partial charge in [-0.25, -0.2) is 4.39 Å². The van der Waals surface area contributed by atoms with Crippen molar-refractivity contribution in [2.24, 2.45) is 11.8 Å². The molecule has 18 heavy (non-hydrogen) atoms. The van der Waals surface area contributed by atoms with Crippen molar-refractivity contribution in [3.63, 3.8) is 0 Å². The van der Waals surface area contributed by atoms with E-state index >= 15 is 0 Å². The standard InChI is InChI=1S/C14H19FN2O/c1-3-17(13-7-5-4-6-12(13)15)14(18)11-9-16-8-10(11)2/h4-7,10-11,16H,3,8-9H2,1-2H3/t10-,11-/m1/s1. The van der Waals surface area contributed by atoms with Gasteiger partial charge in [0.05, 0.1) is 11.6 Å². The van der Waals surface area contributed by atoms with Crippen LogP contribution in [0, 0.1) is 17.7 Å². The van der Waals surface area contributed by atoms with Gasteiger partial charge in [0.2, 0.25) is 5.91 Å². The van der Waals surface area contributed by atoms with Crippen LogP contribution in [-0.2, 0) is 4.79 Å². The molecular formula is C14H19FN2O. The molecule has 1 aliphatic heterocycles. The molecule has 1 aromatic rings. The Bertz CT molecular complexity index is 436. The Labute approximate surface area is 107 Å². The maximum absolute atomic E-state index is 13.8. The Kier molecular flexibility index (Phi) is 3.97.